The van der Waals surface area contributed by atoms with Crippen LogP contribution in [0.15, 0.2) is 0 Å². The van der Waals surface area contributed by atoms with Gasteiger partial charge in [0.1, 0.15) is 5.54 Å². The van der Waals surface area contributed by atoms with Crippen LogP contribution in [-0.4, -0.2) is 42.5 Å². The van der Waals surface area contributed by atoms with Crippen molar-refractivity contribution in [2.75, 3.05) is 19.8 Å². The first-order valence-corrected chi connectivity index (χ1v) is 5.24. The molecular weight excluding hydrogens is 198 g/mol. The van der Waals surface area contributed by atoms with Gasteiger partial charge in [0, 0.05) is 6.61 Å². The molecule has 0 radical (unpaired) electrons. The van der Waals surface area contributed by atoms with Gasteiger partial charge in [0.25, 0.3) is 0 Å². The second-order valence-corrected chi connectivity index (χ2v) is 4.23. The fourth-order valence-electron chi connectivity index (χ4n) is 1.40. The molecule has 0 aromatic heterocycles. The zero-order valence-corrected chi connectivity index (χ0v) is 9.07. The van der Waals surface area contributed by atoms with Crippen molar-refractivity contribution in [3.63, 3.8) is 0 Å². The summed E-state index contributed by atoms with van der Waals surface area (Å²) >= 11 is 0. The molecule has 1 aliphatic rings. The summed E-state index contributed by atoms with van der Waals surface area (Å²) in [6, 6.07) is 0. The topological polar surface area (TPSA) is 81.8 Å². The number of carbonyl (C=O) groups is 1. The molecule has 5 nitrogen and oxygen atoms in total. The Bertz CT molecular complexity index is 211. The van der Waals surface area contributed by atoms with Crippen LogP contribution >= 0.6 is 0 Å². The largest absolute Gasteiger partial charge is 0.480 e. The number of nitrogens with two attached hydrogens (primary N) is 1. The first kappa shape index (κ1) is 12.4. The van der Waals surface area contributed by atoms with Crippen molar-refractivity contribution in [3.05, 3.63) is 0 Å². The van der Waals surface area contributed by atoms with Gasteiger partial charge in [0.2, 0.25) is 0 Å². The van der Waals surface area contributed by atoms with Gasteiger partial charge < -0.3 is 20.3 Å². The molecule has 88 valence electrons. The van der Waals surface area contributed by atoms with E-state index in [0.29, 0.717) is 6.61 Å². The summed E-state index contributed by atoms with van der Waals surface area (Å²) in [5, 5.41) is 8.74. The van der Waals surface area contributed by atoms with Gasteiger partial charge in [-0.25, -0.2) is 0 Å². The van der Waals surface area contributed by atoms with Crippen LogP contribution in [-0.2, 0) is 14.3 Å². The highest BCUT2D eigenvalue weighted by atomic mass is 16.5. The van der Waals surface area contributed by atoms with E-state index in [0.717, 1.165) is 25.9 Å². The second kappa shape index (κ2) is 5.44. The van der Waals surface area contributed by atoms with Crippen LogP contribution < -0.4 is 5.73 Å². The van der Waals surface area contributed by atoms with E-state index in [1.807, 2.05) is 0 Å². The van der Waals surface area contributed by atoms with E-state index in [-0.39, 0.29) is 12.7 Å². The Morgan fingerprint density at radius 2 is 2.40 bits per heavy atom. The van der Waals surface area contributed by atoms with Crippen LogP contribution in [0.2, 0.25) is 0 Å². The van der Waals surface area contributed by atoms with E-state index in [1.165, 1.54) is 6.92 Å². The van der Waals surface area contributed by atoms with Crippen molar-refractivity contribution in [1.82, 2.24) is 0 Å². The Morgan fingerprint density at radius 1 is 1.67 bits per heavy atom. The summed E-state index contributed by atoms with van der Waals surface area (Å²) in [7, 11) is 0. The van der Waals surface area contributed by atoms with Crippen LogP contribution in [0.3, 0.4) is 0 Å². The molecule has 0 aliphatic carbocycles. The Balaban J connectivity index is 2.17. The van der Waals surface area contributed by atoms with Gasteiger partial charge in [-0.3, -0.25) is 4.79 Å². The maximum absolute atomic E-state index is 10.7. The standard InChI is InChI=1S/C10H19NO4/c1-10(11,9(12)13)7-14-6-8-4-2-3-5-15-8/h8H,2-7,11H2,1H3,(H,12,13). The molecule has 0 bridgehead atoms. The van der Waals surface area contributed by atoms with E-state index in [2.05, 4.69) is 0 Å². The van der Waals surface area contributed by atoms with Gasteiger partial charge in [0.05, 0.1) is 19.3 Å². The maximum Gasteiger partial charge on any atom is 0.325 e. The van der Waals surface area contributed by atoms with Gasteiger partial charge in [-0.05, 0) is 26.2 Å². The van der Waals surface area contributed by atoms with Crippen molar-refractivity contribution < 1.29 is 19.4 Å². The molecule has 1 rings (SSSR count). The van der Waals surface area contributed by atoms with E-state index < -0.39 is 11.5 Å². The summed E-state index contributed by atoms with van der Waals surface area (Å²) in [5.41, 5.74) is 4.20. The second-order valence-electron chi connectivity index (χ2n) is 4.23. The van der Waals surface area contributed by atoms with Crippen LogP contribution in [0.25, 0.3) is 0 Å². The SMILES string of the molecule is CC(N)(COCC1CCCCO1)C(=O)O. The average molecular weight is 217 g/mol. The normalized spacial score (nSPS) is 25.9. The van der Waals surface area contributed by atoms with Crippen molar-refractivity contribution in [2.45, 2.75) is 37.8 Å². The Labute approximate surface area is 89.5 Å². The van der Waals surface area contributed by atoms with Crippen molar-refractivity contribution in [2.24, 2.45) is 5.73 Å². The molecule has 15 heavy (non-hydrogen) atoms. The first-order chi connectivity index (χ1) is 7.02. The Morgan fingerprint density at radius 3 is 2.93 bits per heavy atom. The maximum atomic E-state index is 10.7. The van der Waals surface area contributed by atoms with Crippen LogP contribution in [0.1, 0.15) is 26.2 Å². The fraction of sp³-hybridized carbons (Fsp3) is 0.900. The predicted octanol–water partition coefficient (Wildman–Crippen LogP) is 0.374. The number of ether oxygens (including phenoxy) is 2. The third-order valence-corrected chi connectivity index (χ3v) is 2.47. The average Bonchev–Trinajstić information content (AvgIpc) is 2.19. The van der Waals surface area contributed by atoms with Gasteiger partial charge >= 0.3 is 5.97 Å². The highest BCUT2D eigenvalue weighted by molar-refractivity contribution is 5.77. The number of carboxylic acids is 1. The smallest absolute Gasteiger partial charge is 0.325 e. The number of carboxylic acid groups (broad SMARTS) is 1. The summed E-state index contributed by atoms with van der Waals surface area (Å²) in [6.07, 6.45) is 3.32. The summed E-state index contributed by atoms with van der Waals surface area (Å²) in [5.74, 6) is -1.05. The van der Waals surface area contributed by atoms with E-state index in [4.69, 9.17) is 20.3 Å². The third-order valence-electron chi connectivity index (χ3n) is 2.47. The van der Waals surface area contributed by atoms with Crippen molar-refractivity contribution in [1.29, 1.82) is 0 Å². The minimum absolute atomic E-state index is 0.0161. The highest BCUT2D eigenvalue weighted by Gasteiger charge is 2.28. The number of hydrogen-bond donors (Lipinski definition) is 2. The number of rotatable bonds is 5. The molecule has 0 amide bonds. The van der Waals surface area contributed by atoms with E-state index in [9.17, 15) is 4.79 Å². The monoisotopic (exact) mass is 217 g/mol. The lowest BCUT2D eigenvalue weighted by Crippen LogP contribution is -2.49. The van der Waals surface area contributed by atoms with Gasteiger partial charge in [-0.15, -0.1) is 0 Å². The lowest BCUT2D eigenvalue weighted by atomic mass is 10.1. The molecular formula is C10H19NO4. The quantitative estimate of drug-likeness (QED) is 0.695. The molecule has 2 unspecified atom stereocenters. The highest BCUT2D eigenvalue weighted by Crippen LogP contribution is 2.13. The molecule has 2 atom stereocenters. The van der Waals surface area contributed by atoms with E-state index in [1.54, 1.807) is 0 Å². The molecule has 0 spiro atoms. The minimum Gasteiger partial charge on any atom is -0.480 e. The molecule has 1 fully saturated rings. The zero-order valence-electron chi connectivity index (χ0n) is 9.07. The van der Waals surface area contributed by atoms with Gasteiger partial charge in [-0.1, -0.05) is 0 Å². The lowest BCUT2D eigenvalue weighted by Gasteiger charge is -2.24. The van der Waals surface area contributed by atoms with Crippen LogP contribution in [0.5, 0.6) is 0 Å². The zero-order chi connectivity index (χ0) is 11.3. The lowest BCUT2D eigenvalue weighted by molar-refractivity contribution is -0.146. The van der Waals surface area contributed by atoms with E-state index >= 15 is 0 Å². The number of aliphatic carboxylic acids is 1. The molecule has 0 saturated carbocycles. The molecule has 1 aliphatic heterocycles. The number of hydrogen-bond acceptors (Lipinski definition) is 4. The summed E-state index contributed by atoms with van der Waals surface area (Å²) < 4.78 is 10.7. The summed E-state index contributed by atoms with van der Waals surface area (Å²) in [6.45, 7) is 2.66. The minimum atomic E-state index is -1.31. The molecule has 3 N–H and O–H groups in total. The fourth-order valence-corrected chi connectivity index (χ4v) is 1.40. The molecule has 0 aromatic rings. The molecule has 1 heterocycles. The predicted molar refractivity (Wildman–Crippen MR) is 54.6 cm³/mol. The van der Waals surface area contributed by atoms with Gasteiger partial charge in [0.15, 0.2) is 0 Å². The Hall–Kier alpha value is -0.650. The van der Waals surface area contributed by atoms with Crippen LogP contribution in [0.4, 0.5) is 0 Å². The summed E-state index contributed by atoms with van der Waals surface area (Å²) in [4.78, 5) is 10.7. The van der Waals surface area contributed by atoms with Crippen LogP contribution in [0, 0.1) is 0 Å². The molecule has 0 aromatic carbocycles. The molecule has 5 heteroatoms. The Kier molecular flexibility index (Phi) is 4.50. The van der Waals surface area contributed by atoms with Crippen molar-refractivity contribution >= 4 is 5.97 Å². The van der Waals surface area contributed by atoms with Gasteiger partial charge in [-0.2, -0.15) is 0 Å². The first-order valence-electron chi connectivity index (χ1n) is 5.24. The molecule has 1 saturated heterocycles. The third kappa shape index (κ3) is 4.15. The van der Waals surface area contributed by atoms with Crippen molar-refractivity contribution in [3.8, 4) is 0 Å².